The highest BCUT2D eigenvalue weighted by Gasteiger charge is 2.27. The third kappa shape index (κ3) is 2.38. The monoisotopic (exact) mass is 203 g/mol. The summed E-state index contributed by atoms with van der Waals surface area (Å²) in [4.78, 5) is 11.4. The van der Waals surface area contributed by atoms with Crippen LogP contribution in [0.1, 0.15) is 13.8 Å². The van der Waals surface area contributed by atoms with E-state index < -0.39 is 5.41 Å². The quantitative estimate of drug-likeness (QED) is 0.697. The van der Waals surface area contributed by atoms with Crippen molar-refractivity contribution >= 4 is 23.5 Å². The Morgan fingerprint density at radius 2 is 2.38 bits per heavy atom. The maximum Gasteiger partial charge on any atom is 0.269 e. The maximum absolute atomic E-state index is 11.4. The molecule has 1 heterocycles. The van der Waals surface area contributed by atoms with Gasteiger partial charge in [-0.05, 0) is 19.1 Å². The summed E-state index contributed by atoms with van der Waals surface area (Å²) >= 11 is 5.60. The Morgan fingerprint density at radius 1 is 1.69 bits per heavy atom. The molecule has 0 saturated carbocycles. The minimum atomic E-state index is -0.637. The topological polar surface area (TPSA) is 83.6 Å². The molecule has 0 aromatic carbocycles. The predicted octanol–water partition coefficient (Wildman–Crippen LogP) is 0.403. The molecule has 6 nitrogen and oxygen atoms in total. The number of nitrogens with zero attached hydrogens (tertiary/aromatic N) is 3. The fraction of sp³-hybridized carbons (Fsp3) is 0.667. The number of carbonyl (C=O) groups is 1. The molecule has 0 saturated heterocycles. The number of hydrogen-bond donors (Lipinski definition) is 2. The molecule has 0 aliphatic rings. The Kier molecular flexibility index (Phi) is 2.82. The molecule has 7 heteroatoms. The van der Waals surface area contributed by atoms with Crippen molar-refractivity contribution in [3.05, 3.63) is 0 Å². The van der Waals surface area contributed by atoms with Gasteiger partial charge in [-0.2, -0.15) is 5.21 Å². The molecule has 0 radical (unpaired) electrons. The lowest BCUT2D eigenvalue weighted by Crippen LogP contribution is -2.32. The largest absolute Gasteiger partial charge is 0.291 e. The van der Waals surface area contributed by atoms with Crippen LogP contribution in [-0.4, -0.2) is 32.4 Å². The zero-order valence-corrected chi connectivity index (χ0v) is 8.09. The van der Waals surface area contributed by atoms with Gasteiger partial charge in [-0.1, -0.05) is 5.10 Å². The van der Waals surface area contributed by atoms with Crippen molar-refractivity contribution in [1.82, 2.24) is 20.6 Å². The molecule has 0 unspecified atom stereocenters. The van der Waals surface area contributed by atoms with Gasteiger partial charge in [-0.3, -0.25) is 10.1 Å². The zero-order valence-electron chi connectivity index (χ0n) is 7.33. The van der Waals surface area contributed by atoms with E-state index in [1.165, 1.54) is 0 Å². The first-order valence-electron chi connectivity index (χ1n) is 3.67. The second kappa shape index (κ2) is 3.69. The first-order valence-corrected chi connectivity index (χ1v) is 4.20. The number of H-pyrrole nitrogens is 1. The van der Waals surface area contributed by atoms with Crippen molar-refractivity contribution in [2.45, 2.75) is 13.8 Å². The second-order valence-corrected chi connectivity index (χ2v) is 3.47. The molecule has 0 atom stereocenters. The number of nitrogens with one attached hydrogen (secondary N) is 2. The minimum Gasteiger partial charge on any atom is -0.291 e. The summed E-state index contributed by atoms with van der Waals surface area (Å²) in [6, 6.07) is 0. The first-order chi connectivity index (χ1) is 6.06. The lowest BCUT2D eigenvalue weighted by atomic mass is 9.95. The molecule has 2 N–H and O–H groups in total. The van der Waals surface area contributed by atoms with Gasteiger partial charge in [0.05, 0.1) is 5.41 Å². The van der Waals surface area contributed by atoms with Crippen LogP contribution in [0.3, 0.4) is 0 Å². The van der Waals surface area contributed by atoms with E-state index in [2.05, 4.69) is 25.9 Å². The molecule has 1 amide bonds. The number of anilines is 1. The summed E-state index contributed by atoms with van der Waals surface area (Å²) < 4.78 is 0. The van der Waals surface area contributed by atoms with Crippen LogP contribution in [0.5, 0.6) is 0 Å². The average Bonchev–Trinajstić information content (AvgIpc) is 2.57. The summed E-state index contributed by atoms with van der Waals surface area (Å²) in [6.07, 6.45) is 0. The van der Waals surface area contributed by atoms with Crippen LogP contribution in [0.2, 0.25) is 0 Å². The fourth-order valence-electron chi connectivity index (χ4n) is 0.546. The van der Waals surface area contributed by atoms with Crippen molar-refractivity contribution in [1.29, 1.82) is 0 Å². The van der Waals surface area contributed by atoms with Gasteiger partial charge < -0.3 is 0 Å². The van der Waals surface area contributed by atoms with E-state index in [-0.39, 0.29) is 17.7 Å². The number of carbonyl (C=O) groups excluding carboxylic acids is 1. The van der Waals surface area contributed by atoms with Crippen molar-refractivity contribution in [3.63, 3.8) is 0 Å². The molecule has 0 bridgehead atoms. The number of halogens is 1. The number of tetrazole rings is 1. The summed E-state index contributed by atoms with van der Waals surface area (Å²) in [5.41, 5.74) is -0.637. The van der Waals surface area contributed by atoms with Crippen molar-refractivity contribution in [2.24, 2.45) is 5.41 Å². The summed E-state index contributed by atoms with van der Waals surface area (Å²) in [7, 11) is 0. The lowest BCUT2D eigenvalue weighted by Gasteiger charge is -2.18. The van der Waals surface area contributed by atoms with E-state index >= 15 is 0 Å². The highest BCUT2D eigenvalue weighted by molar-refractivity contribution is 6.20. The molecule has 13 heavy (non-hydrogen) atoms. The van der Waals surface area contributed by atoms with Crippen LogP contribution in [-0.2, 0) is 4.79 Å². The smallest absolute Gasteiger partial charge is 0.269 e. The number of alkyl halides is 1. The number of amides is 1. The highest BCUT2D eigenvalue weighted by Crippen LogP contribution is 2.18. The van der Waals surface area contributed by atoms with Crippen LogP contribution in [0.4, 0.5) is 5.95 Å². The summed E-state index contributed by atoms with van der Waals surface area (Å²) in [6.45, 7) is 3.46. The molecule has 0 spiro atoms. The molecule has 0 fully saturated rings. The van der Waals surface area contributed by atoms with Crippen molar-refractivity contribution in [3.8, 4) is 0 Å². The van der Waals surface area contributed by atoms with Gasteiger partial charge in [0.25, 0.3) is 5.95 Å². The van der Waals surface area contributed by atoms with E-state index in [0.29, 0.717) is 0 Å². The molecule has 0 aliphatic carbocycles. The van der Waals surface area contributed by atoms with Gasteiger partial charge in [0.15, 0.2) is 0 Å². The van der Waals surface area contributed by atoms with E-state index in [9.17, 15) is 4.79 Å². The number of aromatic nitrogens is 4. The van der Waals surface area contributed by atoms with Crippen LogP contribution in [0.15, 0.2) is 0 Å². The molecule has 72 valence electrons. The van der Waals surface area contributed by atoms with Gasteiger partial charge in [0.1, 0.15) is 0 Å². The van der Waals surface area contributed by atoms with Crippen LogP contribution < -0.4 is 5.32 Å². The lowest BCUT2D eigenvalue weighted by molar-refractivity contribution is -0.123. The standard InChI is InChI=1S/C6H10ClN5O/c1-6(2,3-7)4(13)8-5-9-11-12-10-5/h3H2,1-2H3,(H2,8,9,10,11,12,13). The number of hydrogen-bond acceptors (Lipinski definition) is 4. The first kappa shape index (κ1) is 9.91. The fourth-order valence-corrected chi connectivity index (χ4v) is 0.668. The average molecular weight is 204 g/mol. The Bertz CT molecular complexity index is 283. The van der Waals surface area contributed by atoms with Crippen molar-refractivity contribution in [2.75, 3.05) is 11.2 Å². The normalized spacial score (nSPS) is 11.3. The van der Waals surface area contributed by atoms with Crippen LogP contribution in [0.25, 0.3) is 0 Å². The third-order valence-electron chi connectivity index (χ3n) is 1.52. The summed E-state index contributed by atoms with van der Waals surface area (Å²) in [5, 5.41) is 15.2. The minimum absolute atomic E-state index is 0.156. The Hall–Kier alpha value is -1.17. The zero-order chi connectivity index (χ0) is 9.90. The maximum atomic E-state index is 11.4. The SMILES string of the molecule is CC(C)(CCl)C(=O)Nc1nn[nH]n1. The van der Waals surface area contributed by atoms with E-state index in [1.807, 2.05) is 0 Å². The van der Waals surface area contributed by atoms with Gasteiger partial charge in [0, 0.05) is 5.88 Å². The second-order valence-electron chi connectivity index (χ2n) is 3.21. The molecular weight excluding hydrogens is 194 g/mol. The van der Waals surface area contributed by atoms with Crippen LogP contribution >= 0.6 is 11.6 Å². The van der Waals surface area contributed by atoms with Gasteiger partial charge in [-0.25, -0.2) is 0 Å². The molecule has 0 aliphatic heterocycles. The Labute approximate surface area is 80.0 Å². The molecule has 1 aromatic rings. The molecule has 1 aromatic heterocycles. The summed E-state index contributed by atoms with van der Waals surface area (Å²) in [5.74, 6) is 0.156. The number of rotatable bonds is 3. The predicted molar refractivity (Wildman–Crippen MR) is 47.3 cm³/mol. The van der Waals surface area contributed by atoms with E-state index in [4.69, 9.17) is 11.6 Å². The number of aromatic amines is 1. The van der Waals surface area contributed by atoms with Gasteiger partial charge in [-0.15, -0.1) is 16.7 Å². The van der Waals surface area contributed by atoms with E-state index in [1.54, 1.807) is 13.8 Å². The van der Waals surface area contributed by atoms with Crippen LogP contribution in [0, 0.1) is 5.41 Å². The third-order valence-corrected chi connectivity index (χ3v) is 2.19. The van der Waals surface area contributed by atoms with E-state index in [0.717, 1.165) is 0 Å². The Morgan fingerprint density at radius 3 is 2.85 bits per heavy atom. The Balaban J connectivity index is 2.61. The van der Waals surface area contributed by atoms with Gasteiger partial charge >= 0.3 is 0 Å². The highest BCUT2D eigenvalue weighted by atomic mass is 35.5. The molecule has 1 rings (SSSR count). The van der Waals surface area contributed by atoms with Gasteiger partial charge in [0.2, 0.25) is 5.91 Å². The molecular formula is C6H10ClN5O. The van der Waals surface area contributed by atoms with Crippen molar-refractivity contribution < 1.29 is 4.79 Å².